The average molecular weight is 281 g/mol. The highest BCUT2D eigenvalue weighted by atomic mass is 19.1. The van der Waals surface area contributed by atoms with Crippen molar-refractivity contribution in [2.75, 3.05) is 13.1 Å². The van der Waals surface area contributed by atoms with E-state index in [2.05, 4.69) is 12.2 Å². The van der Waals surface area contributed by atoms with E-state index in [1.807, 2.05) is 0 Å². The van der Waals surface area contributed by atoms with Crippen LogP contribution in [0, 0.1) is 23.5 Å². The Morgan fingerprint density at radius 2 is 1.80 bits per heavy atom. The van der Waals surface area contributed by atoms with Gasteiger partial charge in [0.25, 0.3) is 0 Å². The van der Waals surface area contributed by atoms with Crippen LogP contribution in [0.25, 0.3) is 0 Å². The van der Waals surface area contributed by atoms with Crippen LogP contribution in [-0.4, -0.2) is 13.1 Å². The van der Waals surface area contributed by atoms with Gasteiger partial charge >= 0.3 is 0 Å². The number of rotatable bonds is 7. The zero-order chi connectivity index (χ0) is 14.4. The molecule has 1 aliphatic carbocycles. The molecule has 112 valence electrons. The lowest BCUT2D eigenvalue weighted by atomic mass is 9.85. The summed E-state index contributed by atoms with van der Waals surface area (Å²) in [6.45, 7) is 4.12. The summed E-state index contributed by atoms with van der Waals surface area (Å²) in [7, 11) is 0. The summed E-state index contributed by atoms with van der Waals surface area (Å²) in [5, 5.41) is 3.47. The first kappa shape index (κ1) is 15.4. The van der Waals surface area contributed by atoms with Crippen molar-refractivity contribution >= 4 is 0 Å². The minimum absolute atomic E-state index is 0.466. The molecule has 3 heteroatoms. The molecule has 0 aromatic heterocycles. The Morgan fingerprint density at radius 1 is 1.15 bits per heavy atom. The summed E-state index contributed by atoms with van der Waals surface area (Å²) in [6, 6.07) is 3.90. The average Bonchev–Trinajstić information content (AvgIpc) is 2.90. The maximum Gasteiger partial charge on any atom is 0.126 e. The van der Waals surface area contributed by atoms with Gasteiger partial charge < -0.3 is 5.32 Å². The Bertz CT molecular complexity index is 393. The van der Waals surface area contributed by atoms with Crippen molar-refractivity contribution in [2.24, 2.45) is 11.8 Å². The largest absolute Gasteiger partial charge is 0.316 e. The standard InChI is InChI=1S/C17H25F2N/c1-2-7-20-12-15(14-5-3-4-6-14)8-13-9-16(18)11-17(19)10-13/h9-11,14-15,20H,2-8,12H2,1H3. The van der Waals surface area contributed by atoms with Crippen molar-refractivity contribution in [3.05, 3.63) is 35.4 Å². The van der Waals surface area contributed by atoms with E-state index in [9.17, 15) is 8.78 Å². The van der Waals surface area contributed by atoms with Gasteiger partial charge in [0.1, 0.15) is 11.6 Å². The van der Waals surface area contributed by atoms with Crippen LogP contribution in [0.15, 0.2) is 18.2 Å². The van der Waals surface area contributed by atoms with E-state index in [4.69, 9.17) is 0 Å². The second kappa shape index (κ2) is 7.72. The Morgan fingerprint density at radius 3 is 2.40 bits per heavy atom. The monoisotopic (exact) mass is 281 g/mol. The zero-order valence-corrected chi connectivity index (χ0v) is 12.3. The molecule has 1 fully saturated rings. The predicted molar refractivity (Wildman–Crippen MR) is 78.7 cm³/mol. The van der Waals surface area contributed by atoms with Crippen LogP contribution >= 0.6 is 0 Å². The SMILES string of the molecule is CCCNCC(Cc1cc(F)cc(F)c1)C1CCCC1. The maximum atomic E-state index is 13.3. The summed E-state index contributed by atoms with van der Waals surface area (Å²) >= 11 is 0. The van der Waals surface area contributed by atoms with E-state index in [0.29, 0.717) is 11.8 Å². The van der Waals surface area contributed by atoms with E-state index >= 15 is 0 Å². The lowest BCUT2D eigenvalue weighted by molar-refractivity contribution is 0.320. The van der Waals surface area contributed by atoms with Crippen LogP contribution in [0.2, 0.25) is 0 Å². The summed E-state index contributed by atoms with van der Waals surface area (Å²) < 4.78 is 26.6. The molecule has 1 aromatic rings. The lowest BCUT2D eigenvalue weighted by Gasteiger charge is -2.24. The molecule has 0 bridgehead atoms. The third-order valence-corrected chi connectivity index (χ3v) is 4.32. The van der Waals surface area contributed by atoms with Gasteiger partial charge in [0.2, 0.25) is 0 Å². The van der Waals surface area contributed by atoms with E-state index in [1.54, 1.807) is 0 Å². The third-order valence-electron chi connectivity index (χ3n) is 4.32. The fourth-order valence-electron chi connectivity index (χ4n) is 3.33. The summed E-state index contributed by atoms with van der Waals surface area (Å²) in [6.07, 6.45) is 7.01. The second-order valence-corrected chi connectivity index (χ2v) is 5.99. The molecule has 0 aliphatic heterocycles. The number of nitrogens with one attached hydrogen (secondary N) is 1. The first-order valence-electron chi connectivity index (χ1n) is 7.84. The molecule has 0 heterocycles. The highest BCUT2D eigenvalue weighted by Crippen LogP contribution is 2.33. The summed E-state index contributed by atoms with van der Waals surface area (Å²) in [5.41, 5.74) is 0.790. The molecule has 1 N–H and O–H groups in total. The van der Waals surface area contributed by atoms with Gasteiger partial charge in [-0.3, -0.25) is 0 Å². The first-order chi connectivity index (χ1) is 9.69. The predicted octanol–water partition coefficient (Wildman–Crippen LogP) is 4.31. The number of hydrogen-bond donors (Lipinski definition) is 1. The molecular weight excluding hydrogens is 256 g/mol. The summed E-state index contributed by atoms with van der Waals surface area (Å²) in [5.74, 6) is 0.259. The van der Waals surface area contributed by atoms with Gasteiger partial charge in [-0.2, -0.15) is 0 Å². The molecule has 0 radical (unpaired) electrons. The Labute approximate surface area is 120 Å². The molecular formula is C17H25F2N. The molecule has 1 nitrogen and oxygen atoms in total. The molecule has 0 amide bonds. The van der Waals surface area contributed by atoms with Crippen molar-refractivity contribution < 1.29 is 8.78 Å². The smallest absolute Gasteiger partial charge is 0.126 e. The van der Waals surface area contributed by atoms with Crippen molar-refractivity contribution in [2.45, 2.75) is 45.4 Å². The maximum absolute atomic E-state index is 13.3. The molecule has 0 saturated heterocycles. The van der Waals surface area contributed by atoms with Gasteiger partial charge in [-0.25, -0.2) is 8.78 Å². The van der Waals surface area contributed by atoms with Crippen LogP contribution in [0.4, 0.5) is 8.78 Å². The minimum atomic E-state index is -0.466. The number of hydrogen-bond acceptors (Lipinski definition) is 1. The lowest BCUT2D eigenvalue weighted by Crippen LogP contribution is -2.29. The van der Waals surface area contributed by atoms with Gasteiger partial charge in [0.05, 0.1) is 0 Å². The Kier molecular flexibility index (Phi) is 5.96. The van der Waals surface area contributed by atoms with Crippen molar-refractivity contribution in [3.63, 3.8) is 0 Å². The van der Waals surface area contributed by atoms with E-state index in [-0.39, 0.29) is 0 Å². The highest BCUT2D eigenvalue weighted by Gasteiger charge is 2.25. The zero-order valence-electron chi connectivity index (χ0n) is 12.3. The van der Waals surface area contributed by atoms with Crippen LogP contribution in [0.3, 0.4) is 0 Å². The fourth-order valence-corrected chi connectivity index (χ4v) is 3.33. The van der Waals surface area contributed by atoms with Crippen molar-refractivity contribution in [3.8, 4) is 0 Å². The third kappa shape index (κ3) is 4.55. The van der Waals surface area contributed by atoms with Gasteiger partial charge in [-0.1, -0.05) is 32.6 Å². The number of benzene rings is 1. The van der Waals surface area contributed by atoms with Crippen LogP contribution in [0.5, 0.6) is 0 Å². The van der Waals surface area contributed by atoms with Crippen LogP contribution in [0.1, 0.15) is 44.6 Å². The normalized spacial score (nSPS) is 17.6. The van der Waals surface area contributed by atoms with Gasteiger partial charge in [0.15, 0.2) is 0 Å². The van der Waals surface area contributed by atoms with E-state index in [0.717, 1.165) is 37.6 Å². The van der Waals surface area contributed by atoms with Crippen LogP contribution in [-0.2, 0) is 6.42 Å². The van der Waals surface area contributed by atoms with Crippen LogP contribution < -0.4 is 5.32 Å². The molecule has 1 aliphatic rings. The second-order valence-electron chi connectivity index (χ2n) is 5.99. The van der Waals surface area contributed by atoms with E-state index < -0.39 is 11.6 Å². The molecule has 1 atom stereocenters. The van der Waals surface area contributed by atoms with E-state index in [1.165, 1.54) is 37.8 Å². The molecule has 1 saturated carbocycles. The summed E-state index contributed by atoms with van der Waals surface area (Å²) in [4.78, 5) is 0. The fraction of sp³-hybridized carbons (Fsp3) is 0.647. The van der Waals surface area contributed by atoms with Gasteiger partial charge in [0, 0.05) is 6.07 Å². The van der Waals surface area contributed by atoms with Gasteiger partial charge in [-0.15, -0.1) is 0 Å². The molecule has 20 heavy (non-hydrogen) atoms. The Balaban J connectivity index is 2.01. The molecule has 1 unspecified atom stereocenters. The molecule has 1 aromatic carbocycles. The quantitative estimate of drug-likeness (QED) is 0.734. The highest BCUT2D eigenvalue weighted by molar-refractivity contribution is 5.18. The van der Waals surface area contributed by atoms with Crippen molar-refractivity contribution in [1.82, 2.24) is 5.32 Å². The first-order valence-corrected chi connectivity index (χ1v) is 7.84. The Hall–Kier alpha value is -0.960. The molecule has 0 spiro atoms. The topological polar surface area (TPSA) is 12.0 Å². The number of halogens is 2. The molecule has 2 rings (SSSR count). The van der Waals surface area contributed by atoms with Gasteiger partial charge in [-0.05, 0) is 55.5 Å². The minimum Gasteiger partial charge on any atom is -0.316 e. The van der Waals surface area contributed by atoms with Crippen molar-refractivity contribution in [1.29, 1.82) is 0 Å².